The van der Waals surface area contributed by atoms with Crippen molar-refractivity contribution >= 4 is 10.0 Å². The fourth-order valence-electron chi connectivity index (χ4n) is 1.43. The van der Waals surface area contributed by atoms with Gasteiger partial charge in [-0.15, -0.1) is 0 Å². The molecule has 0 aromatic carbocycles. The Morgan fingerprint density at radius 1 is 1.57 bits per heavy atom. The number of hydrogen-bond donors (Lipinski definition) is 2. The highest BCUT2D eigenvalue weighted by Gasteiger charge is 2.31. The molecule has 1 unspecified atom stereocenters. The number of halogens is 2. The van der Waals surface area contributed by atoms with Crippen LogP contribution in [-0.2, 0) is 10.0 Å². The highest BCUT2D eigenvalue weighted by atomic mass is 32.2. The molecule has 4 nitrogen and oxygen atoms in total. The van der Waals surface area contributed by atoms with Gasteiger partial charge in [0.15, 0.2) is 0 Å². The average molecular weight is 228 g/mol. The van der Waals surface area contributed by atoms with Crippen LogP contribution in [0, 0.1) is 0 Å². The molecule has 1 fully saturated rings. The normalized spacial score (nSPS) is 28.6. The first kappa shape index (κ1) is 11.8. The molecule has 14 heavy (non-hydrogen) atoms. The SMILES string of the molecule is CC1(CNS(=O)(=O)C(F)F)CCCN1. The average Bonchev–Trinajstić information content (AvgIpc) is 2.50. The summed E-state index contributed by atoms with van der Waals surface area (Å²) in [5, 5.41) is 3.07. The van der Waals surface area contributed by atoms with Crippen molar-refractivity contribution in [3.05, 3.63) is 0 Å². The Morgan fingerprint density at radius 2 is 2.21 bits per heavy atom. The molecule has 1 aliphatic heterocycles. The van der Waals surface area contributed by atoms with Crippen molar-refractivity contribution in [1.29, 1.82) is 0 Å². The van der Waals surface area contributed by atoms with Crippen molar-refractivity contribution < 1.29 is 17.2 Å². The zero-order chi connectivity index (χ0) is 10.8. The molecular weight excluding hydrogens is 214 g/mol. The van der Waals surface area contributed by atoms with Gasteiger partial charge in [0.05, 0.1) is 0 Å². The van der Waals surface area contributed by atoms with Gasteiger partial charge in [0.2, 0.25) is 0 Å². The molecule has 0 bridgehead atoms. The Kier molecular flexibility index (Phi) is 3.44. The van der Waals surface area contributed by atoms with E-state index in [2.05, 4.69) is 5.32 Å². The molecule has 0 aliphatic carbocycles. The molecule has 7 heteroatoms. The molecule has 0 radical (unpaired) electrons. The molecule has 2 N–H and O–H groups in total. The molecule has 0 spiro atoms. The third-order valence-corrected chi connectivity index (χ3v) is 3.37. The summed E-state index contributed by atoms with van der Waals surface area (Å²) >= 11 is 0. The highest BCUT2D eigenvalue weighted by Crippen LogP contribution is 2.17. The summed E-state index contributed by atoms with van der Waals surface area (Å²) < 4.78 is 47.3. The van der Waals surface area contributed by atoms with E-state index in [1.54, 1.807) is 0 Å². The van der Waals surface area contributed by atoms with Crippen molar-refractivity contribution in [2.45, 2.75) is 31.1 Å². The molecule has 1 rings (SSSR count). The van der Waals surface area contributed by atoms with Gasteiger partial charge in [0.25, 0.3) is 10.0 Å². The first-order valence-electron chi connectivity index (χ1n) is 4.37. The monoisotopic (exact) mass is 228 g/mol. The van der Waals surface area contributed by atoms with Crippen LogP contribution in [0.1, 0.15) is 19.8 Å². The van der Waals surface area contributed by atoms with Crippen LogP contribution in [0.25, 0.3) is 0 Å². The molecule has 0 aromatic heterocycles. The van der Waals surface area contributed by atoms with E-state index in [4.69, 9.17) is 0 Å². The lowest BCUT2D eigenvalue weighted by atomic mass is 10.0. The second kappa shape index (κ2) is 4.08. The van der Waals surface area contributed by atoms with Crippen molar-refractivity contribution in [3.8, 4) is 0 Å². The maximum Gasteiger partial charge on any atom is 0.350 e. The lowest BCUT2D eigenvalue weighted by molar-refractivity contribution is 0.231. The number of sulfonamides is 1. The van der Waals surface area contributed by atoms with Crippen molar-refractivity contribution in [1.82, 2.24) is 10.0 Å². The van der Waals surface area contributed by atoms with Gasteiger partial charge in [-0.05, 0) is 26.3 Å². The molecule has 1 heterocycles. The molecule has 0 aromatic rings. The predicted octanol–water partition coefficient (Wildman–Crippen LogP) is 0.271. The Balaban J connectivity index is 2.48. The molecule has 0 amide bonds. The minimum Gasteiger partial charge on any atom is -0.310 e. The van der Waals surface area contributed by atoms with E-state index >= 15 is 0 Å². The van der Waals surface area contributed by atoms with E-state index in [9.17, 15) is 17.2 Å². The standard InChI is InChI=1S/C7H14F2N2O2S/c1-7(3-2-4-10-7)5-11-14(12,13)6(8)9/h6,10-11H,2-5H2,1H3. The van der Waals surface area contributed by atoms with E-state index in [0.29, 0.717) is 0 Å². The number of rotatable bonds is 4. The molecule has 0 saturated carbocycles. The summed E-state index contributed by atoms with van der Waals surface area (Å²) in [5.41, 5.74) is -0.387. The van der Waals surface area contributed by atoms with Crippen LogP contribution in [0.15, 0.2) is 0 Å². The highest BCUT2D eigenvalue weighted by molar-refractivity contribution is 7.89. The topological polar surface area (TPSA) is 58.2 Å². The summed E-state index contributed by atoms with van der Waals surface area (Å²) in [5.74, 6) is -3.35. The number of nitrogens with one attached hydrogen (secondary N) is 2. The van der Waals surface area contributed by atoms with E-state index in [1.165, 1.54) is 0 Å². The van der Waals surface area contributed by atoms with Crippen LogP contribution in [-0.4, -0.2) is 32.8 Å². The van der Waals surface area contributed by atoms with Crippen LogP contribution < -0.4 is 10.0 Å². The van der Waals surface area contributed by atoms with Crippen molar-refractivity contribution in [2.75, 3.05) is 13.1 Å². The quantitative estimate of drug-likeness (QED) is 0.726. The van der Waals surface area contributed by atoms with E-state index in [-0.39, 0.29) is 12.1 Å². The Hall–Kier alpha value is -0.270. The molecular formula is C7H14F2N2O2S. The predicted molar refractivity (Wildman–Crippen MR) is 48.6 cm³/mol. The molecule has 1 saturated heterocycles. The second-order valence-corrected chi connectivity index (χ2v) is 5.45. The van der Waals surface area contributed by atoms with E-state index < -0.39 is 15.8 Å². The van der Waals surface area contributed by atoms with Crippen LogP contribution in [0.5, 0.6) is 0 Å². The van der Waals surface area contributed by atoms with Gasteiger partial charge in [-0.1, -0.05) is 0 Å². The smallest absolute Gasteiger partial charge is 0.310 e. The maximum atomic E-state index is 11.9. The van der Waals surface area contributed by atoms with Gasteiger partial charge in [-0.2, -0.15) is 8.78 Å². The first-order chi connectivity index (χ1) is 6.36. The lowest BCUT2D eigenvalue weighted by Gasteiger charge is -2.24. The second-order valence-electron chi connectivity index (χ2n) is 3.72. The summed E-state index contributed by atoms with van der Waals surface area (Å²) in [4.78, 5) is 0. The van der Waals surface area contributed by atoms with Crippen molar-refractivity contribution in [2.24, 2.45) is 0 Å². The van der Waals surface area contributed by atoms with Gasteiger partial charge < -0.3 is 5.32 Å². The maximum absolute atomic E-state index is 11.9. The minimum atomic E-state index is -4.45. The van der Waals surface area contributed by atoms with Gasteiger partial charge in [-0.25, -0.2) is 13.1 Å². The fraction of sp³-hybridized carbons (Fsp3) is 1.00. The van der Waals surface area contributed by atoms with Crippen LogP contribution >= 0.6 is 0 Å². The molecule has 1 atom stereocenters. The van der Waals surface area contributed by atoms with E-state index in [0.717, 1.165) is 19.4 Å². The Bertz CT molecular complexity index is 286. The zero-order valence-corrected chi connectivity index (χ0v) is 8.70. The third kappa shape index (κ3) is 2.86. The van der Waals surface area contributed by atoms with Gasteiger partial charge in [0.1, 0.15) is 0 Å². The Labute approximate surface area is 82.1 Å². The first-order valence-corrected chi connectivity index (χ1v) is 5.92. The number of alkyl halides is 2. The summed E-state index contributed by atoms with van der Waals surface area (Å²) in [6.07, 6.45) is 1.73. The summed E-state index contributed by atoms with van der Waals surface area (Å²) in [6.45, 7) is 2.63. The van der Waals surface area contributed by atoms with Crippen LogP contribution in [0.4, 0.5) is 8.78 Å². The zero-order valence-electron chi connectivity index (χ0n) is 7.89. The fourth-order valence-corrected chi connectivity index (χ4v) is 2.08. The Morgan fingerprint density at radius 3 is 2.64 bits per heavy atom. The minimum absolute atomic E-state index is 0.0136. The number of hydrogen-bond acceptors (Lipinski definition) is 3. The van der Waals surface area contributed by atoms with Crippen molar-refractivity contribution in [3.63, 3.8) is 0 Å². The van der Waals surface area contributed by atoms with E-state index in [1.807, 2.05) is 11.6 Å². The summed E-state index contributed by atoms with van der Waals surface area (Å²) in [7, 11) is -4.45. The van der Waals surface area contributed by atoms with Crippen LogP contribution in [0.2, 0.25) is 0 Å². The van der Waals surface area contributed by atoms with Gasteiger partial charge in [-0.3, -0.25) is 0 Å². The third-order valence-electron chi connectivity index (χ3n) is 2.36. The molecule has 1 aliphatic rings. The van der Waals surface area contributed by atoms with Gasteiger partial charge >= 0.3 is 5.76 Å². The van der Waals surface area contributed by atoms with Gasteiger partial charge in [0, 0.05) is 12.1 Å². The lowest BCUT2D eigenvalue weighted by Crippen LogP contribution is -2.48. The largest absolute Gasteiger partial charge is 0.350 e. The molecule has 84 valence electrons. The van der Waals surface area contributed by atoms with Crippen LogP contribution in [0.3, 0.4) is 0 Å². The summed E-state index contributed by atoms with van der Waals surface area (Å²) in [6, 6.07) is 0.